The number of benzene rings is 1. The Bertz CT molecular complexity index is 360. The van der Waals surface area contributed by atoms with Crippen molar-refractivity contribution in [1.29, 1.82) is 0 Å². The Kier molecular flexibility index (Phi) is 2.65. The van der Waals surface area contributed by atoms with E-state index in [0.29, 0.717) is 0 Å². The van der Waals surface area contributed by atoms with Crippen LogP contribution in [0.2, 0.25) is 0 Å². The number of hydrogen-bond acceptors (Lipinski definition) is 0. The quantitative estimate of drug-likeness (QED) is 0.705. The highest BCUT2D eigenvalue weighted by molar-refractivity contribution is 7.80. The third-order valence-electron chi connectivity index (χ3n) is 4.41. The summed E-state index contributed by atoms with van der Waals surface area (Å²) in [7, 11) is 0.394. The Morgan fingerprint density at radius 2 is 1.00 bits per heavy atom. The van der Waals surface area contributed by atoms with Crippen molar-refractivity contribution in [2.45, 2.75) is 50.3 Å². The maximum absolute atomic E-state index is 2.43. The van der Waals surface area contributed by atoms with E-state index in [9.17, 15) is 0 Å². The molecule has 1 aromatic carbocycles. The van der Waals surface area contributed by atoms with Gasteiger partial charge in [0.2, 0.25) is 0 Å². The fraction of sp³-hybridized carbons (Fsp3) is 0.571. The summed E-state index contributed by atoms with van der Waals surface area (Å²) in [6.45, 7) is 9.72. The molecule has 0 nitrogen and oxygen atoms in total. The molecular weight excluding hydrogens is 230 g/mol. The first-order valence-corrected chi connectivity index (χ1v) is 9.24. The van der Waals surface area contributed by atoms with Crippen LogP contribution in [-0.2, 0) is 0 Å². The van der Waals surface area contributed by atoms with Gasteiger partial charge in [-0.3, -0.25) is 0 Å². The molecule has 0 aromatic heterocycles. The second-order valence-electron chi connectivity index (χ2n) is 5.27. The predicted molar refractivity (Wildman–Crippen MR) is 77.4 cm³/mol. The van der Waals surface area contributed by atoms with Gasteiger partial charge in [-0.1, -0.05) is 67.8 Å². The number of rotatable bonds is 2. The van der Waals surface area contributed by atoms with Gasteiger partial charge in [-0.05, 0) is 33.2 Å². The standard InChI is InChI=1S/C14H20P2/c1-9-10(2)15(9)13-7-5-6-8-14(13)16-11(3)12(16)4/h5-12H,1-4H3/t9-,10+,11-,12+,15?,16?. The van der Waals surface area contributed by atoms with Crippen molar-refractivity contribution in [1.82, 2.24) is 0 Å². The minimum Gasteiger partial charge on any atom is -0.0675 e. The summed E-state index contributed by atoms with van der Waals surface area (Å²) in [5.41, 5.74) is 3.88. The molecule has 6 atom stereocenters. The van der Waals surface area contributed by atoms with Crippen LogP contribution in [0.5, 0.6) is 0 Å². The molecule has 2 saturated heterocycles. The van der Waals surface area contributed by atoms with Gasteiger partial charge in [0, 0.05) is 0 Å². The molecule has 16 heavy (non-hydrogen) atoms. The van der Waals surface area contributed by atoms with E-state index >= 15 is 0 Å². The van der Waals surface area contributed by atoms with Gasteiger partial charge < -0.3 is 0 Å². The fourth-order valence-corrected chi connectivity index (χ4v) is 8.84. The molecule has 2 heterocycles. The molecule has 3 rings (SSSR count). The summed E-state index contributed by atoms with van der Waals surface area (Å²) in [6.07, 6.45) is 0. The molecule has 86 valence electrons. The Balaban J connectivity index is 1.94. The first-order chi connectivity index (χ1) is 7.63. The molecule has 0 radical (unpaired) electrons. The molecule has 2 heteroatoms. The van der Waals surface area contributed by atoms with Gasteiger partial charge in [-0.25, -0.2) is 0 Å². The second kappa shape index (κ2) is 3.79. The normalized spacial score (nSPS) is 45.5. The molecule has 2 aliphatic heterocycles. The molecule has 0 saturated carbocycles. The van der Waals surface area contributed by atoms with Gasteiger partial charge in [-0.2, -0.15) is 0 Å². The lowest BCUT2D eigenvalue weighted by Gasteiger charge is -2.09. The number of hydrogen-bond donors (Lipinski definition) is 0. The highest BCUT2D eigenvalue weighted by Crippen LogP contribution is 2.69. The van der Waals surface area contributed by atoms with Gasteiger partial charge in [0.05, 0.1) is 0 Å². The van der Waals surface area contributed by atoms with Crippen LogP contribution in [0.15, 0.2) is 24.3 Å². The van der Waals surface area contributed by atoms with E-state index in [0.717, 1.165) is 22.6 Å². The summed E-state index contributed by atoms with van der Waals surface area (Å²) < 4.78 is 0. The van der Waals surface area contributed by atoms with Crippen LogP contribution in [-0.4, -0.2) is 22.6 Å². The van der Waals surface area contributed by atoms with Crippen LogP contribution in [0.3, 0.4) is 0 Å². The molecule has 0 bridgehead atoms. The molecule has 2 unspecified atom stereocenters. The lowest BCUT2D eigenvalue weighted by Crippen LogP contribution is -2.16. The first-order valence-electron chi connectivity index (χ1n) is 6.28. The molecular formula is C14H20P2. The summed E-state index contributed by atoms with van der Waals surface area (Å²) in [5, 5.41) is 3.50. The average Bonchev–Trinajstić information content (AvgIpc) is 3.07. The van der Waals surface area contributed by atoms with Gasteiger partial charge >= 0.3 is 0 Å². The molecule has 0 spiro atoms. The molecule has 2 fully saturated rings. The maximum Gasteiger partial charge on any atom is -0.0126 e. The van der Waals surface area contributed by atoms with E-state index in [1.807, 2.05) is 0 Å². The van der Waals surface area contributed by atoms with Crippen molar-refractivity contribution in [2.24, 2.45) is 0 Å². The van der Waals surface area contributed by atoms with Crippen molar-refractivity contribution >= 4 is 26.5 Å². The molecule has 0 N–H and O–H groups in total. The molecule has 0 aliphatic carbocycles. The van der Waals surface area contributed by atoms with E-state index in [1.165, 1.54) is 0 Å². The van der Waals surface area contributed by atoms with Crippen LogP contribution in [0, 0.1) is 0 Å². The minimum absolute atomic E-state index is 0.197. The summed E-state index contributed by atoms with van der Waals surface area (Å²) in [4.78, 5) is 0. The van der Waals surface area contributed by atoms with Gasteiger partial charge in [0.15, 0.2) is 0 Å². The van der Waals surface area contributed by atoms with Crippen molar-refractivity contribution < 1.29 is 0 Å². The van der Waals surface area contributed by atoms with Crippen LogP contribution < -0.4 is 10.6 Å². The van der Waals surface area contributed by atoms with Crippen LogP contribution in [0.1, 0.15) is 27.7 Å². The smallest absolute Gasteiger partial charge is 0.0126 e. The predicted octanol–water partition coefficient (Wildman–Crippen LogP) is 3.48. The Morgan fingerprint density at radius 3 is 1.25 bits per heavy atom. The van der Waals surface area contributed by atoms with Crippen molar-refractivity contribution in [3.8, 4) is 0 Å². The third-order valence-corrected chi connectivity index (χ3v) is 11.1. The third kappa shape index (κ3) is 1.58. The lowest BCUT2D eigenvalue weighted by atomic mass is 10.4. The van der Waals surface area contributed by atoms with Crippen LogP contribution in [0.25, 0.3) is 0 Å². The monoisotopic (exact) mass is 250 g/mol. The zero-order valence-electron chi connectivity index (χ0n) is 10.5. The van der Waals surface area contributed by atoms with E-state index < -0.39 is 0 Å². The maximum atomic E-state index is 2.43. The summed E-state index contributed by atoms with van der Waals surface area (Å²) in [6, 6.07) is 9.32. The van der Waals surface area contributed by atoms with Crippen molar-refractivity contribution in [2.75, 3.05) is 0 Å². The Hall–Kier alpha value is 0.0800. The Morgan fingerprint density at radius 1 is 0.688 bits per heavy atom. The molecule has 0 amide bonds. The highest BCUT2D eigenvalue weighted by Gasteiger charge is 2.49. The minimum atomic E-state index is 0.197. The summed E-state index contributed by atoms with van der Waals surface area (Å²) >= 11 is 0. The van der Waals surface area contributed by atoms with E-state index in [2.05, 4.69) is 52.0 Å². The highest BCUT2D eigenvalue weighted by atomic mass is 31.1. The van der Waals surface area contributed by atoms with E-state index in [-0.39, 0.29) is 15.8 Å². The fourth-order valence-electron chi connectivity index (χ4n) is 2.79. The first kappa shape index (κ1) is 11.2. The van der Waals surface area contributed by atoms with E-state index in [4.69, 9.17) is 0 Å². The largest absolute Gasteiger partial charge is 0.0675 e. The lowest BCUT2D eigenvalue weighted by molar-refractivity contribution is 1.05. The van der Waals surface area contributed by atoms with Gasteiger partial charge in [0.25, 0.3) is 0 Å². The topological polar surface area (TPSA) is 0 Å². The SMILES string of the molecule is C[C@@H]1[C@H](C)P1c1ccccc1P1[C@H](C)[C@@H]1C. The van der Waals surface area contributed by atoms with Crippen LogP contribution >= 0.6 is 15.8 Å². The Labute approximate surface area is 101 Å². The zero-order chi connectivity index (χ0) is 11.4. The van der Waals surface area contributed by atoms with Gasteiger partial charge in [-0.15, -0.1) is 0 Å². The van der Waals surface area contributed by atoms with Crippen LogP contribution in [0.4, 0.5) is 0 Å². The van der Waals surface area contributed by atoms with E-state index in [1.54, 1.807) is 10.6 Å². The van der Waals surface area contributed by atoms with Gasteiger partial charge in [0.1, 0.15) is 0 Å². The average molecular weight is 250 g/mol. The van der Waals surface area contributed by atoms with Crippen molar-refractivity contribution in [3.63, 3.8) is 0 Å². The molecule has 1 aromatic rings. The van der Waals surface area contributed by atoms with Crippen molar-refractivity contribution in [3.05, 3.63) is 24.3 Å². The second-order valence-corrected chi connectivity index (χ2v) is 11.1. The molecule has 2 aliphatic rings. The summed E-state index contributed by atoms with van der Waals surface area (Å²) in [5.74, 6) is 0. The zero-order valence-corrected chi connectivity index (χ0v) is 12.3.